The number of hydrogen-bond donors (Lipinski definition) is 1. The minimum absolute atomic E-state index is 0.0543. The van der Waals surface area contributed by atoms with Crippen molar-refractivity contribution in [1.82, 2.24) is 0 Å². The number of rotatable bonds is 6. The van der Waals surface area contributed by atoms with E-state index in [2.05, 4.69) is 22.9 Å². The van der Waals surface area contributed by atoms with Crippen LogP contribution in [0.1, 0.15) is 58.3 Å². The molecular weight excluding hydrogens is 318 g/mol. The molecule has 0 aromatic carbocycles. The molecule has 1 N–H and O–H groups in total. The summed E-state index contributed by atoms with van der Waals surface area (Å²) < 4.78 is 5.59. The summed E-state index contributed by atoms with van der Waals surface area (Å²) in [5, 5.41) is 0. The molecule has 0 bridgehead atoms. The predicted molar refractivity (Wildman–Crippen MR) is 84.3 cm³/mol. The van der Waals surface area contributed by atoms with E-state index in [0.717, 1.165) is 25.3 Å². The van der Waals surface area contributed by atoms with Crippen molar-refractivity contribution in [2.45, 2.75) is 69.2 Å². The summed E-state index contributed by atoms with van der Waals surface area (Å²) in [6.07, 6.45) is 9.68. The lowest BCUT2D eigenvalue weighted by atomic mass is 9.84. The maximum Gasteiger partial charge on any atom is 0.319 e. The molecule has 0 aliphatic carbocycles. The van der Waals surface area contributed by atoms with Gasteiger partial charge in [-0.15, -0.1) is 0 Å². The van der Waals surface area contributed by atoms with Crippen LogP contribution in [0.4, 0.5) is 0 Å². The summed E-state index contributed by atoms with van der Waals surface area (Å²) in [4.78, 5) is 13.6. The molecule has 3 nitrogen and oxygen atoms in total. The second-order valence-electron chi connectivity index (χ2n) is 6.40. The third-order valence-corrected chi connectivity index (χ3v) is 5.77. The molecule has 2 aliphatic rings. The van der Waals surface area contributed by atoms with Gasteiger partial charge in [-0.25, -0.2) is 0 Å². The smallest absolute Gasteiger partial charge is 0.319 e. The molecule has 2 saturated heterocycles. The lowest BCUT2D eigenvalue weighted by molar-refractivity contribution is -0.940. The Kier molecular flexibility index (Phi) is 6.82. The Bertz CT molecular complexity index is 309. The summed E-state index contributed by atoms with van der Waals surface area (Å²) in [5.74, 6) is 0.537. The van der Waals surface area contributed by atoms with Crippen molar-refractivity contribution >= 4 is 21.9 Å². The summed E-state index contributed by atoms with van der Waals surface area (Å²) in [6.45, 7) is 5.44. The van der Waals surface area contributed by atoms with E-state index in [1.165, 1.54) is 45.2 Å². The normalized spacial score (nSPS) is 31.4. The van der Waals surface area contributed by atoms with Gasteiger partial charge in [0.15, 0.2) is 0 Å². The van der Waals surface area contributed by atoms with Gasteiger partial charge in [-0.3, -0.25) is 4.79 Å². The first-order valence-corrected chi connectivity index (χ1v) is 9.29. The topological polar surface area (TPSA) is 30.7 Å². The third kappa shape index (κ3) is 4.45. The number of hydrogen-bond acceptors (Lipinski definition) is 2. The Morgan fingerprint density at radius 1 is 1.30 bits per heavy atom. The highest BCUT2D eigenvalue weighted by molar-refractivity contribution is 9.10. The van der Waals surface area contributed by atoms with Crippen molar-refractivity contribution < 1.29 is 14.4 Å². The van der Waals surface area contributed by atoms with Crippen molar-refractivity contribution in [3.8, 4) is 0 Å². The fraction of sp³-hybridized carbons (Fsp3) is 0.938. The summed E-state index contributed by atoms with van der Waals surface area (Å²) in [6, 6.07) is 0.745. The summed E-state index contributed by atoms with van der Waals surface area (Å²) in [7, 11) is 0. The van der Waals surface area contributed by atoms with Gasteiger partial charge in [-0.05, 0) is 38.5 Å². The first kappa shape index (κ1) is 16.3. The fourth-order valence-electron chi connectivity index (χ4n) is 3.76. The predicted octanol–water partition coefficient (Wildman–Crippen LogP) is 2.33. The number of unbranched alkanes of at least 4 members (excludes halogenated alkanes) is 1. The third-order valence-electron chi connectivity index (χ3n) is 4.94. The van der Waals surface area contributed by atoms with Crippen LogP contribution < -0.4 is 4.90 Å². The van der Waals surface area contributed by atoms with E-state index in [0.29, 0.717) is 12.5 Å². The molecule has 0 radical (unpaired) electrons. The van der Waals surface area contributed by atoms with Crippen LogP contribution in [-0.2, 0) is 9.53 Å². The number of esters is 1. The zero-order valence-corrected chi connectivity index (χ0v) is 14.3. The Labute approximate surface area is 131 Å². The Morgan fingerprint density at radius 2 is 2.10 bits per heavy atom. The molecule has 1 unspecified atom stereocenters. The van der Waals surface area contributed by atoms with Crippen LogP contribution in [0.15, 0.2) is 0 Å². The van der Waals surface area contributed by atoms with Gasteiger partial charge in [0.1, 0.15) is 4.83 Å². The quantitative estimate of drug-likeness (QED) is 0.591. The largest absolute Gasteiger partial charge is 0.464 e. The highest BCUT2D eigenvalue weighted by atomic mass is 79.9. The standard InChI is InChI=1S/C16H28BrNO2/c1-2-3-8-14(17)16(19)20-12-13-7-6-11-18-10-5-4-9-15(13)18/h13-15H,2-12H2,1H3/p+1/t13-,14+,15+/m0/s1. The van der Waals surface area contributed by atoms with Crippen molar-refractivity contribution in [2.24, 2.45) is 5.92 Å². The Hall–Kier alpha value is -0.0900. The number of ether oxygens (including phenoxy) is 1. The molecule has 2 aliphatic heterocycles. The van der Waals surface area contributed by atoms with Crippen LogP contribution in [0.2, 0.25) is 0 Å². The lowest BCUT2D eigenvalue weighted by Crippen LogP contribution is -3.18. The van der Waals surface area contributed by atoms with E-state index >= 15 is 0 Å². The molecule has 20 heavy (non-hydrogen) atoms. The van der Waals surface area contributed by atoms with E-state index in [9.17, 15) is 4.79 Å². The molecule has 2 rings (SSSR count). The molecule has 4 atom stereocenters. The molecule has 2 heterocycles. The average Bonchev–Trinajstić information content (AvgIpc) is 2.50. The van der Waals surface area contributed by atoms with Crippen LogP contribution >= 0.6 is 15.9 Å². The number of piperidine rings is 2. The number of carbonyl (C=O) groups is 1. The van der Waals surface area contributed by atoms with E-state index in [1.807, 2.05) is 0 Å². The van der Waals surface area contributed by atoms with Gasteiger partial charge >= 0.3 is 5.97 Å². The van der Waals surface area contributed by atoms with Crippen LogP contribution in [0.3, 0.4) is 0 Å². The highest BCUT2D eigenvalue weighted by Crippen LogP contribution is 2.21. The molecule has 0 saturated carbocycles. The number of halogens is 1. The molecule has 116 valence electrons. The summed E-state index contributed by atoms with van der Waals surface area (Å²) >= 11 is 3.46. The Morgan fingerprint density at radius 3 is 2.90 bits per heavy atom. The zero-order valence-electron chi connectivity index (χ0n) is 12.7. The fourth-order valence-corrected chi connectivity index (χ4v) is 4.21. The van der Waals surface area contributed by atoms with E-state index in [-0.39, 0.29) is 10.8 Å². The number of carbonyl (C=O) groups excluding carboxylic acids is 1. The molecule has 4 heteroatoms. The van der Waals surface area contributed by atoms with Gasteiger partial charge < -0.3 is 9.64 Å². The molecule has 0 amide bonds. The van der Waals surface area contributed by atoms with Crippen molar-refractivity contribution in [1.29, 1.82) is 0 Å². The maximum absolute atomic E-state index is 12.0. The van der Waals surface area contributed by atoms with Gasteiger partial charge in [0.05, 0.1) is 25.7 Å². The zero-order chi connectivity index (χ0) is 14.4. The van der Waals surface area contributed by atoms with E-state index in [1.54, 1.807) is 4.90 Å². The molecule has 0 aromatic rings. The second kappa shape index (κ2) is 8.38. The van der Waals surface area contributed by atoms with Crippen molar-refractivity contribution in [3.63, 3.8) is 0 Å². The number of alkyl halides is 1. The van der Waals surface area contributed by atoms with Gasteiger partial charge in [-0.2, -0.15) is 0 Å². The average molecular weight is 347 g/mol. The van der Waals surface area contributed by atoms with Crippen LogP contribution in [0.5, 0.6) is 0 Å². The summed E-state index contributed by atoms with van der Waals surface area (Å²) in [5.41, 5.74) is 0. The van der Waals surface area contributed by atoms with Gasteiger partial charge in [0.2, 0.25) is 0 Å². The molecule has 2 fully saturated rings. The molecule has 0 aromatic heterocycles. The monoisotopic (exact) mass is 346 g/mol. The second-order valence-corrected chi connectivity index (χ2v) is 7.51. The maximum atomic E-state index is 12.0. The first-order valence-electron chi connectivity index (χ1n) is 8.37. The number of fused-ring (bicyclic) bond motifs is 1. The minimum atomic E-state index is -0.110. The highest BCUT2D eigenvalue weighted by Gasteiger charge is 2.37. The van der Waals surface area contributed by atoms with Crippen LogP contribution in [0.25, 0.3) is 0 Å². The van der Waals surface area contributed by atoms with Crippen molar-refractivity contribution in [3.05, 3.63) is 0 Å². The Balaban J connectivity index is 1.76. The van der Waals surface area contributed by atoms with Crippen LogP contribution in [-0.4, -0.2) is 36.5 Å². The molecule has 0 spiro atoms. The number of quaternary nitrogens is 1. The van der Waals surface area contributed by atoms with E-state index < -0.39 is 0 Å². The lowest BCUT2D eigenvalue weighted by Gasteiger charge is -2.41. The van der Waals surface area contributed by atoms with Crippen molar-refractivity contribution in [2.75, 3.05) is 19.7 Å². The SMILES string of the molecule is CCCC[C@@H](Br)C(=O)OC[C@@H]1CCC[NH+]2CCCC[C@H]12. The van der Waals surface area contributed by atoms with Gasteiger partial charge in [0.25, 0.3) is 0 Å². The minimum Gasteiger partial charge on any atom is -0.464 e. The number of nitrogens with one attached hydrogen (secondary N) is 1. The van der Waals surface area contributed by atoms with Crippen LogP contribution in [0, 0.1) is 5.92 Å². The van der Waals surface area contributed by atoms with Gasteiger partial charge in [-0.1, -0.05) is 35.7 Å². The van der Waals surface area contributed by atoms with Gasteiger partial charge in [0, 0.05) is 5.92 Å². The first-order chi connectivity index (χ1) is 9.72. The molecular formula is C16H29BrNO2+. The van der Waals surface area contributed by atoms with E-state index in [4.69, 9.17) is 4.74 Å².